The van der Waals surface area contributed by atoms with Gasteiger partial charge < -0.3 is 5.32 Å². The molecule has 1 amide bonds. The van der Waals surface area contributed by atoms with Crippen LogP contribution in [0, 0.1) is 15.4 Å². The summed E-state index contributed by atoms with van der Waals surface area (Å²) < 4.78 is 1.16. The Kier molecular flexibility index (Phi) is 4.65. The fourth-order valence-electron chi connectivity index (χ4n) is 2.59. The molecule has 0 aromatic heterocycles. The second-order valence-electron chi connectivity index (χ2n) is 5.48. The summed E-state index contributed by atoms with van der Waals surface area (Å²) in [5.41, 5.74) is 0.765. The van der Waals surface area contributed by atoms with Gasteiger partial charge in [0.2, 0.25) is 0 Å². The molecule has 1 aromatic carbocycles. The zero-order valence-corrected chi connectivity index (χ0v) is 13.1. The third-order valence-corrected chi connectivity index (χ3v) is 4.60. The number of rotatable bonds is 2. The zero-order valence-electron chi connectivity index (χ0n) is 10.9. The van der Waals surface area contributed by atoms with Crippen molar-refractivity contribution < 1.29 is 4.79 Å². The Morgan fingerprint density at radius 1 is 1.22 bits per heavy atom. The van der Waals surface area contributed by atoms with Crippen LogP contribution in [0.4, 0.5) is 0 Å². The number of carbonyl (C=O) groups is 1. The number of benzene rings is 1. The molecule has 1 aliphatic carbocycles. The fourth-order valence-corrected chi connectivity index (χ4v) is 2.95. The third kappa shape index (κ3) is 3.46. The van der Waals surface area contributed by atoms with Crippen molar-refractivity contribution in [2.45, 2.75) is 39.2 Å². The van der Waals surface area contributed by atoms with Crippen LogP contribution in [0.5, 0.6) is 0 Å². The van der Waals surface area contributed by atoms with Gasteiger partial charge >= 0.3 is 0 Å². The Balaban J connectivity index is 2.00. The van der Waals surface area contributed by atoms with Crippen LogP contribution < -0.4 is 5.32 Å². The highest BCUT2D eigenvalue weighted by molar-refractivity contribution is 14.1. The molecule has 1 aromatic rings. The van der Waals surface area contributed by atoms with E-state index in [9.17, 15) is 4.79 Å². The minimum Gasteiger partial charge on any atom is -0.349 e. The maximum absolute atomic E-state index is 12.2. The molecule has 0 aliphatic heterocycles. The normalized spacial score (nSPS) is 27.8. The summed E-state index contributed by atoms with van der Waals surface area (Å²) in [7, 11) is 0. The van der Waals surface area contributed by atoms with Crippen LogP contribution >= 0.6 is 22.6 Å². The SMILES string of the molecule is C[C@H]1CC[C@H](C)[C@@H](NC(=O)c2ccc(I)cc2)C1. The van der Waals surface area contributed by atoms with Crippen LogP contribution in [0.15, 0.2) is 24.3 Å². The van der Waals surface area contributed by atoms with Crippen molar-refractivity contribution in [1.29, 1.82) is 0 Å². The van der Waals surface area contributed by atoms with Crippen LogP contribution in [-0.4, -0.2) is 11.9 Å². The molecule has 2 rings (SSSR count). The molecule has 18 heavy (non-hydrogen) atoms. The van der Waals surface area contributed by atoms with Gasteiger partial charge in [-0.1, -0.05) is 20.3 Å². The van der Waals surface area contributed by atoms with Gasteiger partial charge in [0.1, 0.15) is 0 Å². The number of amides is 1. The molecule has 0 unspecified atom stereocenters. The molecule has 0 saturated heterocycles. The van der Waals surface area contributed by atoms with E-state index in [0.29, 0.717) is 12.0 Å². The standard InChI is InChI=1S/C15H20INO/c1-10-3-4-11(2)14(9-10)17-15(18)12-5-7-13(16)8-6-12/h5-8,10-11,14H,3-4,9H2,1-2H3,(H,17,18)/t10-,11-,14-/m0/s1. The Labute approximate surface area is 123 Å². The van der Waals surface area contributed by atoms with Gasteiger partial charge in [-0.3, -0.25) is 4.79 Å². The van der Waals surface area contributed by atoms with Crippen LogP contribution in [-0.2, 0) is 0 Å². The van der Waals surface area contributed by atoms with E-state index in [1.54, 1.807) is 0 Å². The van der Waals surface area contributed by atoms with Gasteiger partial charge in [0.05, 0.1) is 0 Å². The second kappa shape index (κ2) is 6.04. The topological polar surface area (TPSA) is 29.1 Å². The Bertz CT molecular complexity index is 415. The van der Waals surface area contributed by atoms with Crippen LogP contribution in [0.1, 0.15) is 43.5 Å². The average molecular weight is 357 g/mol. The van der Waals surface area contributed by atoms with E-state index >= 15 is 0 Å². The van der Waals surface area contributed by atoms with Gasteiger partial charge in [-0.2, -0.15) is 0 Å². The first-order chi connectivity index (χ1) is 8.56. The highest BCUT2D eigenvalue weighted by Crippen LogP contribution is 2.28. The van der Waals surface area contributed by atoms with Crippen molar-refractivity contribution in [3.8, 4) is 0 Å². The van der Waals surface area contributed by atoms with Crippen LogP contribution in [0.25, 0.3) is 0 Å². The predicted molar refractivity (Wildman–Crippen MR) is 82.6 cm³/mol. The summed E-state index contributed by atoms with van der Waals surface area (Å²) in [6.45, 7) is 4.51. The van der Waals surface area contributed by atoms with Gasteiger partial charge in [0.15, 0.2) is 0 Å². The number of halogens is 1. The first-order valence-electron chi connectivity index (χ1n) is 6.62. The van der Waals surface area contributed by atoms with Crippen LogP contribution in [0.3, 0.4) is 0 Å². The molecule has 1 aliphatic rings. The zero-order chi connectivity index (χ0) is 13.1. The average Bonchev–Trinajstić information content (AvgIpc) is 2.34. The second-order valence-corrected chi connectivity index (χ2v) is 6.73. The van der Waals surface area contributed by atoms with E-state index in [2.05, 4.69) is 41.8 Å². The lowest BCUT2D eigenvalue weighted by Crippen LogP contribution is -2.42. The molecule has 98 valence electrons. The minimum atomic E-state index is 0.0670. The summed E-state index contributed by atoms with van der Waals surface area (Å²) >= 11 is 2.25. The van der Waals surface area contributed by atoms with Crippen molar-refractivity contribution in [1.82, 2.24) is 5.32 Å². The lowest BCUT2D eigenvalue weighted by Gasteiger charge is -2.33. The lowest BCUT2D eigenvalue weighted by molar-refractivity contribution is 0.0898. The van der Waals surface area contributed by atoms with Gasteiger partial charge in [-0.15, -0.1) is 0 Å². The van der Waals surface area contributed by atoms with Gasteiger partial charge in [0.25, 0.3) is 5.91 Å². The number of hydrogen-bond donors (Lipinski definition) is 1. The molecule has 1 fully saturated rings. The Morgan fingerprint density at radius 2 is 1.89 bits per heavy atom. The third-order valence-electron chi connectivity index (χ3n) is 3.88. The quantitative estimate of drug-likeness (QED) is 0.801. The predicted octanol–water partition coefficient (Wildman–Crippen LogP) is 3.85. The molecule has 0 heterocycles. The van der Waals surface area contributed by atoms with E-state index in [0.717, 1.165) is 21.5 Å². The van der Waals surface area contributed by atoms with Crippen molar-refractivity contribution in [3.05, 3.63) is 33.4 Å². The van der Waals surface area contributed by atoms with Gasteiger partial charge in [0, 0.05) is 15.2 Å². The summed E-state index contributed by atoms with van der Waals surface area (Å²) in [5.74, 6) is 1.38. The maximum atomic E-state index is 12.2. The Hall–Kier alpha value is -0.580. The smallest absolute Gasteiger partial charge is 0.251 e. The lowest BCUT2D eigenvalue weighted by atomic mass is 9.80. The minimum absolute atomic E-state index is 0.0670. The molecule has 0 radical (unpaired) electrons. The first-order valence-corrected chi connectivity index (χ1v) is 7.70. The van der Waals surface area contributed by atoms with Gasteiger partial charge in [-0.05, 0) is 71.5 Å². The summed E-state index contributed by atoms with van der Waals surface area (Å²) in [6.07, 6.45) is 3.62. The monoisotopic (exact) mass is 357 g/mol. The van der Waals surface area contributed by atoms with Crippen LogP contribution in [0.2, 0.25) is 0 Å². The van der Waals surface area contributed by atoms with E-state index in [1.165, 1.54) is 12.8 Å². The van der Waals surface area contributed by atoms with E-state index in [-0.39, 0.29) is 5.91 Å². The van der Waals surface area contributed by atoms with Crippen molar-refractivity contribution >= 4 is 28.5 Å². The van der Waals surface area contributed by atoms with E-state index in [4.69, 9.17) is 0 Å². The van der Waals surface area contributed by atoms with Gasteiger partial charge in [-0.25, -0.2) is 0 Å². The molecular formula is C15H20INO. The largest absolute Gasteiger partial charge is 0.349 e. The highest BCUT2D eigenvalue weighted by Gasteiger charge is 2.26. The van der Waals surface area contributed by atoms with Crippen molar-refractivity contribution in [2.75, 3.05) is 0 Å². The number of hydrogen-bond acceptors (Lipinski definition) is 1. The summed E-state index contributed by atoms with van der Waals surface area (Å²) in [4.78, 5) is 12.2. The molecule has 3 atom stereocenters. The summed E-state index contributed by atoms with van der Waals surface area (Å²) in [5, 5.41) is 3.19. The Morgan fingerprint density at radius 3 is 2.56 bits per heavy atom. The van der Waals surface area contributed by atoms with Crippen molar-refractivity contribution in [2.24, 2.45) is 11.8 Å². The number of carbonyl (C=O) groups excluding carboxylic acids is 1. The molecule has 2 nitrogen and oxygen atoms in total. The molecule has 3 heteroatoms. The van der Waals surface area contributed by atoms with Crippen molar-refractivity contribution in [3.63, 3.8) is 0 Å². The highest BCUT2D eigenvalue weighted by atomic mass is 127. The molecule has 1 saturated carbocycles. The fraction of sp³-hybridized carbons (Fsp3) is 0.533. The molecular weight excluding hydrogens is 337 g/mol. The maximum Gasteiger partial charge on any atom is 0.251 e. The molecule has 0 bridgehead atoms. The van der Waals surface area contributed by atoms with E-state index in [1.807, 2.05) is 24.3 Å². The molecule has 1 N–H and O–H groups in total. The molecule has 0 spiro atoms. The summed E-state index contributed by atoms with van der Waals surface area (Å²) in [6, 6.07) is 8.08. The number of nitrogens with one attached hydrogen (secondary N) is 1. The first kappa shape index (κ1) is 13.8. The van der Waals surface area contributed by atoms with E-state index < -0.39 is 0 Å².